The number of hydrogen-bond donors (Lipinski definition) is 1. The second-order valence-corrected chi connectivity index (χ2v) is 1.60. The third-order valence-electron chi connectivity index (χ3n) is 0.901. The van der Waals surface area contributed by atoms with E-state index in [9.17, 15) is 0 Å². The van der Waals surface area contributed by atoms with Crippen LogP contribution in [0.4, 0.5) is 5.95 Å². The number of nitrogens with one attached hydrogen (secondary N) is 1. The number of aromatic nitrogens is 2. The molecule has 0 unspecified atom stereocenters. The van der Waals surface area contributed by atoms with Crippen LogP contribution < -0.4 is 5.32 Å². The third kappa shape index (κ3) is 4.31. The Hall–Kier alpha value is -1.12. The molecule has 1 rings (SSSR count). The van der Waals surface area contributed by atoms with Gasteiger partial charge in [-0.25, -0.2) is 9.97 Å². The van der Waals surface area contributed by atoms with Crippen LogP contribution in [-0.2, 0) is 0 Å². The van der Waals surface area contributed by atoms with Gasteiger partial charge >= 0.3 is 0 Å². The summed E-state index contributed by atoms with van der Waals surface area (Å²) in [6, 6.07) is 1.79. The van der Waals surface area contributed by atoms with E-state index in [0.717, 1.165) is 6.54 Å². The molecule has 0 aliphatic rings. The van der Waals surface area contributed by atoms with Crippen molar-refractivity contribution >= 4 is 5.95 Å². The average Bonchev–Trinajstić information content (AvgIpc) is 2.11. The highest BCUT2D eigenvalue weighted by atomic mass is 15.1. The maximum Gasteiger partial charge on any atom is 0.222 e. The third-order valence-corrected chi connectivity index (χ3v) is 0.901. The molecule has 1 heterocycles. The Balaban J connectivity index is 0. The molecule has 0 amide bonds. The molecule has 11 heavy (non-hydrogen) atoms. The van der Waals surface area contributed by atoms with Gasteiger partial charge < -0.3 is 5.32 Å². The zero-order valence-electron chi connectivity index (χ0n) is 7.33. The fraction of sp³-hybridized carbons (Fsp3) is 0.500. The van der Waals surface area contributed by atoms with Crippen molar-refractivity contribution in [2.75, 3.05) is 11.9 Å². The van der Waals surface area contributed by atoms with Gasteiger partial charge in [-0.2, -0.15) is 0 Å². The van der Waals surface area contributed by atoms with Crippen molar-refractivity contribution in [3.8, 4) is 0 Å². The van der Waals surface area contributed by atoms with Crippen molar-refractivity contribution in [1.29, 1.82) is 0 Å². The van der Waals surface area contributed by atoms with Crippen molar-refractivity contribution < 1.29 is 1.43 Å². The highest BCUT2D eigenvalue weighted by molar-refractivity contribution is 5.20. The highest BCUT2D eigenvalue weighted by Crippen LogP contribution is 1.90. The monoisotopic (exact) mass is 155 g/mol. The minimum Gasteiger partial charge on any atom is -0.355 e. The molecule has 0 spiro atoms. The molecular formula is C8H17N3. The molecular weight excluding hydrogens is 138 g/mol. The fourth-order valence-electron chi connectivity index (χ4n) is 0.548. The van der Waals surface area contributed by atoms with E-state index in [1.54, 1.807) is 18.5 Å². The molecule has 1 N–H and O–H groups in total. The normalized spacial score (nSPS) is 7.91. The second kappa shape index (κ2) is 6.99. The van der Waals surface area contributed by atoms with Gasteiger partial charge in [0.2, 0.25) is 5.95 Å². The van der Waals surface area contributed by atoms with E-state index in [-0.39, 0.29) is 1.43 Å². The van der Waals surface area contributed by atoms with E-state index in [1.807, 2.05) is 20.8 Å². The fourth-order valence-corrected chi connectivity index (χ4v) is 0.548. The Kier molecular flexibility index (Phi) is 6.28. The first kappa shape index (κ1) is 9.88. The van der Waals surface area contributed by atoms with Gasteiger partial charge in [-0.1, -0.05) is 13.8 Å². The number of rotatable bonds is 2. The average molecular weight is 155 g/mol. The molecule has 0 aliphatic heterocycles. The molecule has 0 fully saturated rings. The lowest BCUT2D eigenvalue weighted by Crippen LogP contribution is -2.00. The molecule has 1 aromatic rings. The predicted molar refractivity (Wildman–Crippen MR) is 49.7 cm³/mol. The van der Waals surface area contributed by atoms with E-state index < -0.39 is 0 Å². The van der Waals surface area contributed by atoms with E-state index in [1.165, 1.54) is 0 Å². The summed E-state index contributed by atoms with van der Waals surface area (Å²) in [5, 5.41) is 2.99. The summed E-state index contributed by atoms with van der Waals surface area (Å²) in [6.07, 6.45) is 3.43. The Labute approximate surface area is 69.4 Å². The quantitative estimate of drug-likeness (QED) is 0.711. The van der Waals surface area contributed by atoms with E-state index in [2.05, 4.69) is 15.3 Å². The smallest absolute Gasteiger partial charge is 0.222 e. The molecule has 3 nitrogen and oxygen atoms in total. The molecule has 0 aromatic carbocycles. The standard InChI is InChI=1S/C6H9N3.C2H6.H2/c1-2-7-6-8-4-3-5-9-6;1-2;/h3-5H,2H2,1H3,(H,7,8,9);1-2H3;1H. The predicted octanol–water partition coefficient (Wildman–Crippen LogP) is 2.18. The number of anilines is 1. The topological polar surface area (TPSA) is 37.8 Å². The molecule has 0 radical (unpaired) electrons. The van der Waals surface area contributed by atoms with Crippen LogP contribution in [0.2, 0.25) is 0 Å². The summed E-state index contributed by atoms with van der Waals surface area (Å²) in [6.45, 7) is 6.88. The molecule has 0 atom stereocenters. The van der Waals surface area contributed by atoms with Crippen LogP contribution in [0.25, 0.3) is 0 Å². The summed E-state index contributed by atoms with van der Waals surface area (Å²) in [5.41, 5.74) is 0. The summed E-state index contributed by atoms with van der Waals surface area (Å²) in [7, 11) is 0. The lowest BCUT2D eigenvalue weighted by atomic mass is 10.6. The molecule has 64 valence electrons. The van der Waals surface area contributed by atoms with E-state index in [0.29, 0.717) is 5.95 Å². The zero-order valence-corrected chi connectivity index (χ0v) is 7.33. The summed E-state index contributed by atoms with van der Waals surface area (Å²) in [5.74, 6) is 0.694. The largest absolute Gasteiger partial charge is 0.355 e. The van der Waals surface area contributed by atoms with Gasteiger partial charge in [-0.15, -0.1) is 0 Å². The molecule has 0 bridgehead atoms. The van der Waals surface area contributed by atoms with Gasteiger partial charge in [0.25, 0.3) is 0 Å². The van der Waals surface area contributed by atoms with Crippen LogP contribution in [0.5, 0.6) is 0 Å². The second-order valence-electron chi connectivity index (χ2n) is 1.60. The van der Waals surface area contributed by atoms with Crippen LogP contribution in [-0.4, -0.2) is 16.5 Å². The number of nitrogens with zero attached hydrogens (tertiary/aromatic N) is 2. The van der Waals surface area contributed by atoms with Crippen LogP contribution in [0, 0.1) is 0 Å². The van der Waals surface area contributed by atoms with Crippen molar-refractivity contribution in [2.24, 2.45) is 0 Å². The van der Waals surface area contributed by atoms with Gasteiger partial charge in [0.1, 0.15) is 0 Å². The van der Waals surface area contributed by atoms with Crippen molar-refractivity contribution in [2.45, 2.75) is 20.8 Å². The van der Waals surface area contributed by atoms with E-state index >= 15 is 0 Å². The lowest BCUT2D eigenvalue weighted by molar-refractivity contribution is 1.08. The van der Waals surface area contributed by atoms with Gasteiger partial charge in [-0.3, -0.25) is 0 Å². The molecule has 0 saturated heterocycles. The van der Waals surface area contributed by atoms with Crippen LogP contribution in [0.1, 0.15) is 22.2 Å². The highest BCUT2D eigenvalue weighted by Gasteiger charge is 1.85. The maximum atomic E-state index is 3.95. The Bertz CT molecular complexity index is 167. The minimum absolute atomic E-state index is 0. The minimum atomic E-state index is 0. The maximum absolute atomic E-state index is 3.95. The van der Waals surface area contributed by atoms with Crippen molar-refractivity contribution in [3.63, 3.8) is 0 Å². The Morgan fingerprint density at radius 2 is 1.91 bits per heavy atom. The SMILES string of the molecule is CC.CCNc1ncccn1.[HH]. The molecule has 0 aliphatic carbocycles. The van der Waals surface area contributed by atoms with Crippen LogP contribution in [0.3, 0.4) is 0 Å². The lowest BCUT2D eigenvalue weighted by Gasteiger charge is -1.96. The Morgan fingerprint density at radius 1 is 1.36 bits per heavy atom. The van der Waals surface area contributed by atoms with E-state index in [4.69, 9.17) is 0 Å². The molecule has 3 heteroatoms. The molecule has 1 aromatic heterocycles. The van der Waals surface area contributed by atoms with Crippen molar-refractivity contribution in [1.82, 2.24) is 9.97 Å². The van der Waals surface area contributed by atoms with Gasteiger partial charge in [-0.05, 0) is 13.0 Å². The number of hydrogen-bond acceptors (Lipinski definition) is 3. The van der Waals surface area contributed by atoms with Crippen LogP contribution >= 0.6 is 0 Å². The van der Waals surface area contributed by atoms with Gasteiger partial charge in [0.05, 0.1) is 0 Å². The first-order valence-corrected chi connectivity index (χ1v) is 3.94. The summed E-state index contributed by atoms with van der Waals surface area (Å²) < 4.78 is 0. The summed E-state index contributed by atoms with van der Waals surface area (Å²) >= 11 is 0. The first-order chi connectivity index (χ1) is 5.43. The van der Waals surface area contributed by atoms with Gasteiger partial charge in [0, 0.05) is 20.4 Å². The van der Waals surface area contributed by atoms with Crippen LogP contribution in [0.15, 0.2) is 18.5 Å². The van der Waals surface area contributed by atoms with Crippen molar-refractivity contribution in [3.05, 3.63) is 18.5 Å². The zero-order chi connectivity index (χ0) is 8.53. The van der Waals surface area contributed by atoms with Gasteiger partial charge in [0.15, 0.2) is 0 Å². The summed E-state index contributed by atoms with van der Waals surface area (Å²) in [4.78, 5) is 7.89. The first-order valence-electron chi connectivity index (χ1n) is 3.94. The Morgan fingerprint density at radius 3 is 2.36 bits per heavy atom. The molecule has 0 saturated carbocycles.